The highest BCUT2D eigenvalue weighted by molar-refractivity contribution is 6.06. The van der Waals surface area contributed by atoms with Crippen molar-refractivity contribution in [3.63, 3.8) is 0 Å². The van der Waals surface area contributed by atoms with Crippen LogP contribution in [-0.2, 0) is 0 Å². The largest absolute Gasteiger partial charge is 0.444 e. The van der Waals surface area contributed by atoms with Gasteiger partial charge in [0.2, 0.25) is 5.71 Å². The van der Waals surface area contributed by atoms with Crippen molar-refractivity contribution in [2.45, 2.75) is 39.2 Å². The molecule has 158 valence electrons. The van der Waals surface area contributed by atoms with E-state index < -0.39 is 11.2 Å². The molecule has 0 saturated carbocycles. The molecule has 4 rings (SSSR count). The van der Waals surface area contributed by atoms with Crippen molar-refractivity contribution in [3.8, 4) is 5.69 Å². The molecule has 1 fully saturated rings. The Morgan fingerprint density at radius 3 is 2.57 bits per heavy atom. The number of H-pyrrole nitrogens is 1. The van der Waals surface area contributed by atoms with Crippen LogP contribution in [0.4, 0.5) is 0 Å². The van der Waals surface area contributed by atoms with Crippen molar-refractivity contribution in [3.05, 3.63) is 62.5 Å². The summed E-state index contributed by atoms with van der Waals surface area (Å²) in [5.74, 6) is -0.0780. The number of furan rings is 1. The van der Waals surface area contributed by atoms with Gasteiger partial charge in [0, 0.05) is 12.6 Å². The predicted octanol–water partition coefficient (Wildman–Crippen LogP) is 2.18. The smallest absolute Gasteiger partial charge is 0.335 e. The summed E-state index contributed by atoms with van der Waals surface area (Å²) in [7, 11) is 0. The number of benzene rings is 1. The minimum absolute atomic E-state index is 0.0171. The van der Waals surface area contributed by atoms with E-state index in [0.717, 1.165) is 24.2 Å². The van der Waals surface area contributed by atoms with E-state index in [1.54, 1.807) is 37.3 Å². The minimum Gasteiger partial charge on any atom is -0.444 e. The van der Waals surface area contributed by atoms with Crippen LogP contribution in [0.2, 0.25) is 0 Å². The summed E-state index contributed by atoms with van der Waals surface area (Å²) in [6, 6.07) is 8.51. The van der Waals surface area contributed by atoms with Crippen molar-refractivity contribution in [1.82, 2.24) is 19.8 Å². The van der Waals surface area contributed by atoms with Gasteiger partial charge in [-0.3, -0.25) is 14.6 Å². The zero-order valence-corrected chi connectivity index (χ0v) is 17.2. The molecule has 0 aliphatic carbocycles. The molecule has 0 radical (unpaired) electrons. The Hall–Kier alpha value is -3.13. The van der Waals surface area contributed by atoms with Crippen LogP contribution in [0.15, 0.2) is 44.3 Å². The average molecular weight is 410 g/mol. The van der Waals surface area contributed by atoms with Crippen LogP contribution < -0.4 is 16.6 Å². The third-order valence-electron chi connectivity index (χ3n) is 5.52. The molecular formula is C22H26N4O4. The van der Waals surface area contributed by atoms with E-state index in [2.05, 4.69) is 15.2 Å². The summed E-state index contributed by atoms with van der Waals surface area (Å²) in [5, 5.41) is 3.06. The number of nitrogens with zero attached hydrogens (tertiary/aromatic N) is 2. The van der Waals surface area contributed by atoms with Gasteiger partial charge in [-0.1, -0.05) is 24.6 Å². The van der Waals surface area contributed by atoms with Gasteiger partial charge >= 0.3 is 5.69 Å². The third kappa shape index (κ3) is 3.82. The van der Waals surface area contributed by atoms with Gasteiger partial charge in [0.25, 0.3) is 11.5 Å². The number of hydrogen-bond acceptors (Lipinski definition) is 5. The lowest BCUT2D eigenvalue weighted by atomic mass is 10.1. The number of nitrogens with one attached hydrogen (secondary N) is 2. The molecule has 8 nitrogen and oxygen atoms in total. The highest BCUT2D eigenvalue weighted by Crippen LogP contribution is 2.21. The second-order valence-corrected chi connectivity index (χ2v) is 7.88. The average Bonchev–Trinajstić information content (AvgIpc) is 3.05. The Morgan fingerprint density at radius 2 is 1.87 bits per heavy atom. The number of para-hydroxylation sites is 1. The van der Waals surface area contributed by atoms with Crippen LogP contribution in [0.5, 0.6) is 0 Å². The highest BCUT2D eigenvalue weighted by Gasteiger charge is 2.25. The zero-order valence-electron chi connectivity index (χ0n) is 17.2. The normalized spacial score (nSPS) is 15.9. The number of amides is 1. The van der Waals surface area contributed by atoms with Crippen LogP contribution in [0.3, 0.4) is 0 Å². The maximum atomic E-state index is 13.2. The van der Waals surface area contributed by atoms with Crippen molar-refractivity contribution >= 4 is 17.0 Å². The number of aryl methyl sites for hydroxylation is 1. The zero-order chi connectivity index (χ0) is 21.3. The van der Waals surface area contributed by atoms with Crippen LogP contribution in [-0.4, -0.2) is 46.0 Å². The Labute approximate surface area is 173 Å². The quantitative estimate of drug-likeness (QED) is 0.672. The molecule has 3 heterocycles. The molecule has 1 amide bonds. The Bertz CT molecular complexity index is 1170. The molecule has 1 aliphatic heterocycles. The first-order valence-corrected chi connectivity index (χ1v) is 10.3. The van der Waals surface area contributed by atoms with E-state index in [4.69, 9.17) is 4.42 Å². The van der Waals surface area contributed by atoms with E-state index in [1.807, 2.05) is 6.92 Å². The summed E-state index contributed by atoms with van der Waals surface area (Å²) in [6.07, 6.45) is 3.61. The number of aromatic nitrogens is 2. The molecule has 8 heteroatoms. The maximum Gasteiger partial charge on any atom is 0.335 e. The highest BCUT2D eigenvalue weighted by atomic mass is 16.3. The van der Waals surface area contributed by atoms with Gasteiger partial charge in [0.05, 0.1) is 11.3 Å². The topological polar surface area (TPSA) is 100 Å². The van der Waals surface area contributed by atoms with Crippen LogP contribution in [0.1, 0.15) is 42.3 Å². The number of piperidine rings is 1. The monoisotopic (exact) mass is 410 g/mol. The lowest BCUT2D eigenvalue weighted by Gasteiger charge is -2.29. The lowest BCUT2D eigenvalue weighted by Crippen LogP contribution is -2.44. The van der Waals surface area contributed by atoms with E-state index in [1.165, 1.54) is 19.3 Å². The standard InChI is InChI=1S/C22H26N4O4/c1-14(13-25-11-7-4-8-12-25)23-19(27)17-15(2)30-20-18(17)21(28)26(22(29)24-20)16-9-5-3-6-10-16/h3,5-6,9-10,14H,4,7-8,11-13H2,1-2H3,(H,23,27)(H,24,29). The maximum absolute atomic E-state index is 13.2. The Kier molecular flexibility index (Phi) is 5.59. The summed E-state index contributed by atoms with van der Waals surface area (Å²) < 4.78 is 6.58. The SMILES string of the molecule is Cc1oc2[nH]c(=O)n(-c3ccccc3)c(=O)c2c1C(=O)NC(C)CN1CCCCC1. The van der Waals surface area contributed by atoms with Gasteiger partial charge in [-0.2, -0.15) is 0 Å². The van der Waals surface area contributed by atoms with E-state index >= 15 is 0 Å². The van der Waals surface area contributed by atoms with Crippen LogP contribution in [0, 0.1) is 6.92 Å². The number of rotatable bonds is 5. The molecule has 30 heavy (non-hydrogen) atoms. The van der Waals surface area contributed by atoms with Gasteiger partial charge in [-0.15, -0.1) is 0 Å². The van der Waals surface area contributed by atoms with Gasteiger partial charge in [-0.05, 0) is 51.9 Å². The van der Waals surface area contributed by atoms with E-state index in [0.29, 0.717) is 11.4 Å². The van der Waals surface area contributed by atoms with Crippen molar-refractivity contribution in [1.29, 1.82) is 0 Å². The molecule has 0 spiro atoms. The lowest BCUT2D eigenvalue weighted by molar-refractivity contribution is 0.0925. The number of carbonyl (C=O) groups is 1. The fourth-order valence-electron chi connectivity index (χ4n) is 4.15. The fourth-order valence-corrected chi connectivity index (χ4v) is 4.15. The third-order valence-corrected chi connectivity index (χ3v) is 5.52. The summed E-state index contributed by atoms with van der Waals surface area (Å²) in [6.45, 7) is 6.41. The predicted molar refractivity (Wildman–Crippen MR) is 114 cm³/mol. The van der Waals surface area contributed by atoms with Crippen molar-refractivity contribution in [2.75, 3.05) is 19.6 Å². The van der Waals surface area contributed by atoms with Crippen LogP contribution >= 0.6 is 0 Å². The first-order chi connectivity index (χ1) is 14.5. The Morgan fingerprint density at radius 1 is 1.17 bits per heavy atom. The summed E-state index contributed by atoms with van der Waals surface area (Å²) in [4.78, 5) is 43.6. The summed E-state index contributed by atoms with van der Waals surface area (Å²) >= 11 is 0. The van der Waals surface area contributed by atoms with Gasteiger partial charge in [-0.25, -0.2) is 9.36 Å². The van der Waals surface area contributed by atoms with Gasteiger partial charge < -0.3 is 14.6 Å². The number of likely N-dealkylation sites (tertiary alicyclic amines) is 1. The summed E-state index contributed by atoms with van der Waals surface area (Å²) in [5.41, 5.74) is -0.581. The molecule has 1 aliphatic rings. The van der Waals surface area contributed by atoms with E-state index in [-0.39, 0.29) is 28.6 Å². The second kappa shape index (κ2) is 8.31. The molecule has 3 aromatic rings. The number of fused-ring (bicyclic) bond motifs is 1. The van der Waals surface area contributed by atoms with Gasteiger partial charge in [0.15, 0.2) is 0 Å². The van der Waals surface area contributed by atoms with Crippen molar-refractivity contribution < 1.29 is 9.21 Å². The minimum atomic E-state index is -0.613. The first kappa shape index (κ1) is 20.2. The molecule has 1 atom stereocenters. The van der Waals surface area contributed by atoms with Crippen LogP contribution in [0.25, 0.3) is 16.8 Å². The molecule has 0 bridgehead atoms. The number of carbonyl (C=O) groups excluding carboxylic acids is 1. The second-order valence-electron chi connectivity index (χ2n) is 7.88. The first-order valence-electron chi connectivity index (χ1n) is 10.3. The molecular weight excluding hydrogens is 384 g/mol. The Balaban J connectivity index is 1.68. The fraction of sp³-hybridized carbons (Fsp3) is 0.409. The van der Waals surface area contributed by atoms with E-state index in [9.17, 15) is 14.4 Å². The van der Waals surface area contributed by atoms with Gasteiger partial charge in [0.1, 0.15) is 11.1 Å². The molecule has 2 aromatic heterocycles. The molecule has 1 saturated heterocycles. The molecule has 2 N–H and O–H groups in total. The molecule has 1 unspecified atom stereocenters. The number of aromatic amines is 1. The molecule has 1 aromatic carbocycles. The van der Waals surface area contributed by atoms with Crippen molar-refractivity contribution in [2.24, 2.45) is 0 Å². The number of hydrogen-bond donors (Lipinski definition) is 2.